The van der Waals surface area contributed by atoms with Crippen molar-refractivity contribution in [3.05, 3.63) is 29.8 Å². The van der Waals surface area contributed by atoms with Crippen LogP contribution in [0, 0.1) is 11.8 Å². The van der Waals surface area contributed by atoms with Gasteiger partial charge in [0.1, 0.15) is 5.75 Å². The smallest absolute Gasteiger partial charge is 0.225 e. The first kappa shape index (κ1) is 19.7. The average Bonchev–Trinajstić information content (AvgIpc) is 3.31. The molecule has 2 saturated heterocycles. The van der Waals surface area contributed by atoms with Crippen LogP contribution in [0.15, 0.2) is 24.3 Å². The Balaban J connectivity index is 1.54. The third-order valence-corrected chi connectivity index (χ3v) is 7.08. The van der Waals surface area contributed by atoms with E-state index >= 15 is 0 Å². The lowest BCUT2D eigenvalue weighted by Gasteiger charge is -2.34. The standard InChI is InChI=1S/C23H34N2O3/c1-27-13-12-22(26)25-15-18-14-24(19-6-4-3-5-7-19)16-21(18)23(25)17-8-10-20(28-2)11-9-17/h8-11,18-19,21,23H,3-7,12-16H2,1-2H3/t18-,21-,23-/m0/s1. The number of likely N-dealkylation sites (tertiary alicyclic amines) is 2. The first-order valence-corrected chi connectivity index (χ1v) is 10.9. The summed E-state index contributed by atoms with van der Waals surface area (Å²) in [6.07, 6.45) is 7.31. The molecule has 28 heavy (non-hydrogen) atoms. The third kappa shape index (κ3) is 3.92. The third-order valence-electron chi connectivity index (χ3n) is 7.08. The van der Waals surface area contributed by atoms with Gasteiger partial charge in [0.05, 0.1) is 26.2 Å². The van der Waals surface area contributed by atoms with Crippen LogP contribution in [0.2, 0.25) is 0 Å². The van der Waals surface area contributed by atoms with Gasteiger partial charge in [-0.15, -0.1) is 0 Å². The Morgan fingerprint density at radius 1 is 1.04 bits per heavy atom. The molecule has 3 aliphatic rings. The van der Waals surface area contributed by atoms with Crippen molar-refractivity contribution >= 4 is 5.91 Å². The summed E-state index contributed by atoms with van der Waals surface area (Å²) in [6, 6.07) is 9.27. The SMILES string of the molecule is COCCC(=O)N1C[C@@H]2CN(C3CCCCC3)C[C@@H]2[C@@H]1c1ccc(OC)cc1. The Morgan fingerprint density at radius 2 is 1.79 bits per heavy atom. The van der Waals surface area contributed by atoms with Crippen molar-refractivity contribution in [2.75, 3.05) is 40.5 Å². The predicted molar refractivity (Wildman–Crippen MR) is 109 cm³/mol. The second-order valence-electron chi connectivity index (χ2n) is 8.68. The number of methoxy groups -OCH3 is 2. The van der Waals surface area contributed by atoms with Crippen LogP contribution in [0.4, 0.5) is 0 Å². The fourth-order valence-electron chi connectivity index (χ4n) is 5.64. The number of carbonyl (C=O) groups is 1. The van der Waals surface area contributed by atoms with E-state index in [0.29, 0.717) is 24.9 Å². The van der Waals surface area contributed by atoms with E-state index in [1.807, 2.05) is 12.1 Å². The molecule has 5 heteroatoms. The minimum absolute atomic E-state index is 0.175. The minimum atomic E-state index is 0.175. The van der Waals surface area contributed by atoms with E-state index in [2.05, 4.69) is 21.9 Å². The Morgan fingerprint density at radius 3 is 2.46 bits per heavy atom. The van der Waals surface area contributed by atoms with E-state index in [1.54, 1.807) is 14.2 Å². The normalized spacial score (nSPS) is 28.5. The molecule has 0 N–H and O–H groups in total. The minimum Gasteiger partial charge on any atom is -0.497 e. The molecule has 1 aliphatic carbocycles. The average molecular weight is 387 g/mol. The zero-order valence-corrected chi connectivity index (χ0v) is 17.3. The van der Waals surface area contributed by atoms with Crippen LogP contribution in [0.1, 0.15) is 50.1 Å². The number of carbonyl (C=O) groups excluding carboxylic acids is 1. The number of hydrogen-bond acceptors (Lipinski definition) is 4. The van der Waals surface area contributed by atoms with Crippen molar-refractivity contribution in [3.63, 3.8) is 0 Å². The van der Waals surface area contributed by atoms with Crippen LogP contribution in [0.3, 0.4) is 0 Å². The Hall–Kier alpha value is -1.59. The fourth-order valence-corrected chi connectivity index (χ4v) is 5.64. The molecule has 1 aromatic carbocycles. The highest BCUT2D eigenvalue weighted by molar-refractivity contribution is 5.77. The van der Waals surface area contributed by atoms with Gasteiger partial charge in [-0.05, 0) is 36.5 Å². The van der Waals surface area contributed by atoms with Gasteiger partial charge in [0.15, 0.2) is 0 Å². The van der Waals surface area contributed by atoms with E-state index in [0.717, 1.165) is 31.4 Å². The summed E-state index contributed by atoms with van der Waals surface area (Å²) in [4.78, 5) is 17.8. The molecule has 3 fully saturated rings. The number of amides is 1. The van der Waals surface area contributed by atoms with E-state index in [4.69, 9.17) is 9.47 Å². The highest BCUT2D eigenvalue weighted by Gasteiger charge is 2.49. The van der Waals surface area contributed by atoms with Crippen LogP contribution in [0.25, 0.3) is 0 Å². The Kier molecular flexibility index (Phi) is 6.22. The fraction of sp³-hybridized carbons (Fsp3) is 0.696. The van der Waals surface area contributed by atoms with Gasteiger partial charge < -0.3 is 14.4 Å². The van der Waals surface area contributed by atoms with Gasteiger partial charge in [0.2, 0.25) is 5.91 Å². The van der Waals surface area contributed by atoms with Gasteiger partial charge in [-0.2, -0.15) is 0 Å². The molecule has 2 heterocycles. The topological polar surface area (TPSA) is 42.0 Å². The maximum atomic E-state index is 12.9. The molecular weight excluding hydrogens is 352 g/mol. The van der Waals surface area contributed by atoms with Crippen LogP contribution in [-0.4, -0.2) is 62.2 Å². The van der Waals surface area contributed by atoms with Crippen molar-refractivity contribution in [3.8, 4) is 5.75 Å². The molecule has 0 bridgehead atoms. The Labute approximate surface area is 169 Å². The Bertz CT molecular complexity index is 656. The first-order valence-electron chi connectivity index (χ1n) is 10.9. The lowest BCUT2D eigenvalue weighted by Crippen LogP contribution is -2.40. The van der Waals surface area contributed by atoms with Gasteiger partial charge in [0, 0.05) is 38.7 Å². The van der Waals surface area contributed by atoms with Crippen LogP contribution < -0.4 is 4.74 Å². The van der Waals surface area contributed by atoms with Crippen molar-refractivity contribution in [1.82, 2.24) is 9.80 Å². The molecule has 0 spiro atoms. The second-order valence-corrected chi connectivity index (χ2v) is 8.68. The first-order chi connectivity index (χ1) is 13.7. The summed E-state index contributed by atoms with van der Waals surface area (Å²) in [6.45, 7) is 3.65. The lowest BCUT2D eigenvalue weighted by molar-refractivity contribution is -0.133. The molecule has 5 nitrogen and oxygen atoms in total. The van der Waals surface area contributed by atoms with Crippen LogP contribution in [-0.2, 0) is 9.53 Å². The summed E-state index contributed by atoms with van der Waals surface area (Å²) in [5, 5.41) is 0. The van der Waals surface area contributed by atoms with Crippen molar-refractivity contribution < 1.29 is 14.3 Å². The molecule has 154 valence electrons. The van der Waals surface area contributed by atoms with Crippen molar-refractivity contribution in [1.29, 1.82) is 0 Å². The number of fused-ring (bicyclic) bond motifs is 1. The zero-order chi connectivity index (χ0) is 19.5. The molecular formula is C23H34N2O3. The molecule has 1 amide bonds. The molecule has 1 aromatic rings. The summed E-state index contributed by atoms with van der Waals surface area (Å²) in [5.41, 5.74) is 1.24. The lowest BCUT2D eigenvalue weighted by atomic mass is 9.89. The molecule has 0 aromatic heterocycles. The van der Waals surface area contributed by atoms with Crippen molar-refractivity contribution in [2.45, 2.75) is 50.6 Å². The number of nitrogens with zero attached hydrogens (tertiary/aromatic N) is 2. The van der Waals surface area contributed by atoms with E-state index in [1.165, 1.54) is 37.7 Å². The number of ether oxygens (including phenoxy) is 2. The van der Waals surface area contributed by atoms with E-state index in [9.17, 15) is 4.79 Å². The summed E-state index contributed by atoms with van der Waals surface area (Å²) in [5.74, 6) is 2.20. The molecule has 3 atom stereocenters. The molecule has 2 aliphatic heterocycles. The van der Waals surface area contributed by atoms with Crippen molar-refractivity contribution in [2.24, 2.45) is 11.8 Å². The van der Waals surface area contributed by atoms with Gasteiger partial charge in [-0.25, -0.2) is 0 Å². The van der Waals surface area contributed by atoms with Crippen LogP contribution >= 0.6 is 0 Å². The second kappa shape index (κ2) is 8.83. The number of benzene rings is 1. The maximum absolute atomic E-state index is 12.9. The summed E-state index contributed by atoms with van der Waals surface area (Å²) in [7, 11) is 3.36. The van der Waals surface area contributed by atoms with E-state index in [-0.39, 0.29) is 11.9 Å². The largest absolute Gasteiger partial charge is 0.497 e. The number of hydrogen-bond donors (Lipinski definition) is 0. The van der Waals surface area contributed by atoms with Crippen LogP contribution in [0.5, 0.6) is 5.75 Å². The number of rotatable bonds is 6. The highest BCUT2D eigenvalue weighted by atomic mass is 16.5. The quantitative estimate of drug-likeness (QED) is 0.750. The molecule has 0 unspecified atom stereocenters. The highest BCUT2D eigenvalue weighted by Crippen LogP contribution is 2.46. The van der Waals surface area contributed by atoms with Gasteiger partial charge >= 0.3 is 0 Å². The molecule has 1 saturated carbocycles. The van der Waals surface area contributed by atoms with Gasteiger partial charge in [0.25, 0.3) is 0 Å². The zero-order valence-electron chi connectivity index (χ0n) is 17.3. The predicted octanol–water partition coefficient (Wildman–Crippen LogP) is 3.50. The summed E-state index contributed by atoms with van der Waals surface area (Å²) < 4.78 is 10.5. The molecule has 4 rings (SSSR count). The van der Waals surface area contributed by atoms with Gasteiger partial charge in [-0.1, -0.05) is 31.4 Å². The monoisotopic (exact) mass is 386 g/mol. The molecule has 0 radical (unpaired) electrons. The summed E-state index contributed by atoms with van der Waals surface area (Å²) >= 11 is 0. The maximum Gasteiger partial charge on any atom is 0.225 e. The van der Waals surface area contributed by atoms with Gasteiger partial charge in [-0.3, -0.25) is 9.69 Å². The van der Waals surface area contributed by atoms with E-state index < -0.39 is 0 Å².